The second-order valence-electron chi connectivity index (χ2n) is 8.00. The van der Waals surface area contributed by atoms with Gasteiger partial charge < -0.3 is 4.90 Å². The summed E-state index contributed by atoms with van der Waals surface area (Å²) in [5.41, 5.74) is 3.20. The molecule has 1 spiro atoms. The van der Waals surface area contributed by atoms with Gasteiger partial charge in [0.25, 0.3) is 0 Å². The first-order valence-corrected chi connectivity index (χ1v) is 9.01. The maximum atomic E-state index is 13.1. The van der Waals surface area contributed by atoms with Crippen LogP contribution in [0.25, 0.3) is 0 Å². The predicted molar refractivity (Wildman–Crippen MR) is 91.9 cm³/mol. The summed E-state index contributed by atoms with van der Waals surface area (Å²) in [7, 11) is 1.92. The zero-order valence-electron chi connectivity index (χ0n) is 14.5. The number of hydrogen-bond acceptors (Lipinski definition) is 4. The van der Waals surface area contributed by atoms with E-state index in [1.807, 2.05) is 35.0 Å². The first-order chi connectivity index (χ1) is 12.0. The van der Waals surface area contributed by atoms with Crippen LogP contribution in [0.15, 0.2) is 30.3 Å². The largest absolute Gasteiger partial charge is 0.340 e. The van der Waals surface area contributed by atoms with Crippen molar-refractivity contribution >= 4 is 11.8 Å². The van der Waals surface area contributed by atoms with Crippen molar-refractivity contribution in [3.63, 3.8) is 0 Å². The van der Waals surface area contributed by atoms with Crippen LogP contribution in [0.2, 0.25) is 0 Å². The Labute approximate surface area is 147 Å². The fourth-order valence-corrected chi connectivity index (χ4v) is 4.58. The number of hydrogen-bond donors (Lipinski definition) is 2. The predicted octanol–water partition coefficient (Wildman–Crippen LogP) is 1.22. The third-order valence-electron chi connectivity index (χ3n) is 6.22. The molecule has 1 aliphatic carbocycles. The minimum atomic E-state index is -0.477. The highest BCUT2D eigenvalue weighted by Gasteiger charge is 2.55. The van der Waals surface area contributed by atoms with Crippen molar-refractivity contribution in [3.05, 3.63) is 35.9 Å². The highest BCUT2D eigenvalue weighted by atomic mass is 16.5. The Hall–Kier alpha value is -1.92. The van der Waals surface area contributed by atoms with E-state index in [1.165, 1.54) is 5.56 Å². The molecule has 134 valence electrons. The number of rotatable bonds is 3. The molecular weight excluding hydrogens is 318 g/mol. The second kappa shape index (κ2) is 6.11. The van der Waals surface area contributed by atoms with E-state index in [0.717, 1.165) is 19.4 Å². The summed E-state index contributed by atoms with van der Waals surface area (Å²) in [5.74, 6) is -0.524. The van der Waals surface area contributed by atoms with Crippen LogP contribution in [0.5, 0.6) is 0 Å². The molecule has 2 amide bonds. The number of nitrogens with one attached hydrogen (secondary N) is 1. The Morgan fingerprint density at radius 1 is 1.20 bits per heavy atom. The number of carbonyl (C=O) groups is 2. The second-order valence-corrected chi connectivity index (χ2v) is 8.00. The van der Waals surface area contributed by atoms with E-state index in [-0.39, 0.29) is 11.3 Å². The summed E-state index contributed by atoms with van der Waals surface area (Å²) in [5, 5.41) is 9.12. The minimum absolute atomic E-state index is 0.0128. The quantitative estimate of drug-likeness (QED) is 0.639. The molecule has 1 saturated carbocycles. The van der Waals surface area contributed by atoms with Crippen molar-refractivity contribution in [2.75, 3.05) is 26.7 Å². The summed E-state index contributed by atoms with van der Waals surface area (Å²) in [6.07, 6.45) is 2.90. The van der Waals surface area contributed by atoms with Gasteiger partial charge in [-0.25, -0.2) is 5.48 Å². The molecule has 6 nitrogen and oxygen atoms in total. The molecule has 4 rings (SSSR count). The Morgan fingerprint density at radius 3 is 2.48 bits per heavy atom. The molecule has 2 heterocycles. The van der Waals surface area contributed by atoms with Crippen LogP contribution in [-0.2, 0) is 9.59 Å². The van der Waals surface area contributed by atoms with Gasteiger partial charge in [-0.1, -0.05) is 30.3 Å². The lowest BCUT2D eigenvalue weighted by atomic mass is 9.79. The monoisotopic (exact) mass is 343 g/mol. The lowest BCUT2D eigenvalue weighted by molar-refractivity contribution is -0.153. The topological polar surface area (TPSA) is 72.9 Å². The number of carbonyl (C=O) groups excluding carboxylic acids is 2. The molecule has 0 bridgehead atoms. The number of nitrogens with zero attached hydrogens (tertiary/aromatic N) is 2. The van der Waals surface area contributed by atoms with Crippen LogP contribution in [0.1, 0.15) is 30.7 Å². The molecule has 0 radical (unpaired) electrons. The van der Waals surface area contributed by atoms with E-state index < -0.39 is 17.9 Å². The third kappa shape index (κ3) is 2.93. The van der Waals surface area contributed by atoms with Gasteiger partial charge in [0.15, 0.2) is 0 Å². The molecule has 3 aliphatic rings. The molecule has 2 aliphatic heterocycles. The molecule has 2 N–H and O–H groups in total. The number of likely N-dealkylation sites (tertiary alicyclic amines) is 2. The number of likely N-dealkylation sites (N-methyl/N-ethyl adjacent to an activating group) is 1. The van der Waals surface area contributed by atoms with E-state index in [1.54, 1.807) is 5.48 Å². The van der Waals surface area contributed by atoms with E-state index >= 15 is 0 Å². The molecule has 1 aromatic carbocycles. The van der Waals surface area contributed by atoms with Gasteiger partial charge in [0.05, 0.1) is 5.92 Å². The van der Waals surface area contributed by atoms with E-state index in [4.69, 9.17) is 5.21 Å². The van der Waals surface area contributed by atoms with E-state index in [2.05, 4.69) is 12.1 Å². The average Bonchev–Trinajstić information content (AvgIpc) is 3.31. The average molecular weight is 343 g/mol. The fourth-order valence-electron chi connectivity index (χ4n) is 4.58. The molecule has 2 atom stereocenters. The molecular formula is C19H25N3O3. The molecule has 25 heavy (non-hydrogen) atoms. The number of hydroxylamine groups is 1. The zero-order valence-corrected chi connectivity index (χ0v) is 14.5. The summed E-state index contributed by atoms with van der Waals surface area (Å²) in [6, 6.07) is 9.75. The maximum Gasteiger partial charge on any atom is 0.248 e. The SMILES string of the molecule is CN1CC2(CC2)C[C@H](C(=O)NO)[C@H]1C(=O)N1CC(c2ccccc2)C1. The van der Waals surface area contributed by atoms with Crippen molar-refractivity contribution in [2.45, 2.75) is 31.2 Å². The normalized spacial score (nSPS) is 28.5. The minimum Gasteiger partial charge on any atom is -0.340 e. The van der Waals surface area contributed by atoms with Crippen LogP contribution < -0.4 is 5.48 Å². The molecule has 2 saturated heterocycles. The Bertz CT molecular complexity index is 668. The molecule has 3 fully saturated rings. The maximum absolute atomic E-state index is 13.1. The van der Waals surface area contributed by atoms with Gasteiger partial charge in [0.1, 0.15) is 6.04 Å². The molecule has 0 unspecified atom stereocenters. The van der Waals surface area contributed by atoms with Crippen molar-refractivity contribution in [3.8, 4) is 0 Å². The van der Waals surface area contributed by atoms with Gasteiger partial charge >= 0.3 is 0 Å². The highest BCUT2D eigenvalue weighted by molar-refractivity contribution is 5.90. The van der Waals surface area contributed by atoms with Gasteiger partial charge in [-0.2, -0.15) is 0 Å². The standard InChI is InChI=1S/C19H25N3O3/c1-21-12-19(7-8-19)9-15(17(23)20-25)16(21)18(24)22-10-14(11-22)13-5-3-2-4-6-13/h2-6,14-16,25H,7-12H2,1H3,(H,20,23)/t15-,16-/m0/s1. The van der Waals surface area contributed by atoms with Gasteiger partial charge in [0.2, 0.25) is 11.8 Å². The van der Waals surface area contributed by atoms with Crippen LogP contribution in [-0.4, -0.2) is 59.5 Å². The van der Waals surface area contributed by atoms with Crippen LogP contribution >= 0.6 is 0 Å². The van der Waals surface area contributed by atoms with Gasteiger partial charge in [-0.05, 0) is 37.3 Å². The number of piperidine rings is 1. The lowest BCUT2D eigenvalue weighted by Gasteiger charge is -2.47. The van der Waals surface area contributed by atoms with Gasteiger partial charge in [-0.3, -0.25) is 19.7 Å². The van der Waals surface area contributed by atoms with Gasteiger partial charge in [-0.15, -0.1) is 0 Å². The van der Waals surface area contributed by atoms with Crippen molar-refractivity contribution in [2.24, 2.45) is 11.3 Å². The van der Waals surface area contributed by atoms with Gasteiger partial charge in [0, 0.05) is 25.6 Å². The van der Waals surface area contributed by atoms with Crippen LogP contribution in [0.3, 0.4) is 0 Å². The Morgan fingerprint density at radius 2 is 1.88 bits per heavy atom. The Balaban J connectivity index is 1.46. The molecule has 0 aromatic heterocycles. The number of amides is 2. The summed E-state index contributed by atoms with van der Waals surface area (Å²) >= 11 is 0. The zero-order chi connectivity index (χ0) is 17.6. The van der Waals surface area contributed by atoms with Crippen LogP contribution in [0.4, 0.5) is 0 Å². The van der Waals surface area contributed by atoms with Crippen molar-refractivity contribution in [1.29, 1.82) is 0 Å². The van der Waals surface area contributed by atoms with E-state index in [9.17, 15) is 9.59 Å². The van der Waals surface area contributed by atoms with Crippen molar-refractivity contribution in [1.82, 2.24) is 15.3 Å². The molecule has 1 aromatic rings. The number of benzene rings is 1. The summed E-state index contributed by atoms with van der Waals surface area (Å²) in [4.78, 5) is 29.1. The fraction of sp³-hybridized carbons (Fsp3) is 0.579. The first kappa shape index (κ1) is 16.5. The van der Waals surface area contributed by atoms with E-state index in [0.29, 0.717) is 25.4 Å². The third-order valence-corrected chi connectivity index (χ3v) is 6.22. The van der Waals surface area contributed by atoms with Crippen molar-refractivity contribution < 1.29 is 14.8 Å². The summed E-state index contributed by atoms with van der Waals surface area (Å²) < 4.78 is 0. The lowest BCUT2D eigenvalue weighted by Crippen LogP contribution is -2.62. The van der Waals surface area contributed by atoms with Crippen LogP contribution in [0, 0.1) is 11.3 Å². The Kier molecular flexibility index (Phi) is 4.04. The summed E-state index contributed by atoms with van der Waals surface area (Å²) in [6.45, 7) is 2.26. The smallest absolute Gasteiger partial charge is 0.248 e. The molecule has 6 heteroatoms. The highest BCUT2D eigenvalue weighted by Crippen LogP contribution is 2.54. The first-order valence-electron chi connectivity index (χ1n) is 9.01.